The van der Waals surface area contributed by atoms with Crippen molar-refractivity contribution in [1.82, 2.24) is 5.48 Å². The molecule has 6 aromatic carbocycles. The maximum atomic E-state index is 14.3. The molecule has 0 radical (unpaired) electrons. The molecule has 6 N–H and O–H groups in total. The average Bonchev–Trinajstić information content (AvgIpc) is 4.27. The van der Waals surface area contributed by atoms with Gasteiger partial charge in [0.2, 0.25) is 6.49 Å². The first-order chi connectivity index (χ1) is 32.3. The van der Waals surface area contributed by atoms with Crippen LogP contribution in [0.5, 0.6) is 0 Å². The number of carbonyl (C=O) groups excluding carboxylic acids is 1. The number of hydrogen-bond donors (Lipinski definition) is 5. The van der Waals surface area contributed by atoms with E-state index < -0.39 is 70.2 Å². The Balaban J connectivity index is 0.000000184. The van der Waals surface area contributed by atoms with Gasteiger partial charge in [0.05, 0.1) is 35.7 Å². The normalized spacial score (nSPS) is 12.8. The van der Waals surface area contributed by atoms with Crippen molar-refractivity contribution in [3.63, 3.8) is 0 Å². The number of aromatic carboxylic acids is 1. The minimum atomic E-state index is -2.93. The molecule has 2 fully saturated rings. The summed E-state index contributed by atoms with van der Waals surface area (Å²) in [5.41, 5.74) is 2.41. The number of anilines is 4. The second-order valence-corrected chi connectivity index (χ2v) is 21.5. The number of nitrogens with two attached hydrogens (primary N) is 1. The molecule has 8 rings (SSSR count). The van der Waals surface area contributed by atoms with Crippen molar-refractivity contribution in [3.8, 4) is 0 Å². The Kier molecular flexibility index (Phi) is 20.1. The van der Waals surface area contributed by atoms with Crippen LogP contribution >= 0.6 is 62.9 Å². The van der Waals surface area contributed by atoms with Gasteiger partial charge in [-0.2, -0.15) is 0 Å². The third-order valence-corrected chi connectivity index (χ3v) is 14.5. The molecule has 0 heterocycles. The fraction of sp³-hybridized carbons (Fsp3) is 0.208. The molecular weight excluding hydrogens is 1160 g/mol. The van der Waals surface area contributed by atoms with E-state index in [2.05, 4.69) is 66.1 Å². The molecule has 0 bridgehead atoms. The number of benzene rings is 6. The second kappa shape index (κ2) is 25.2. The molecule has 0 atom stereocenters. The van der Waals surface area contributed by atoms with Gasteiger partial charge in [0, 0.05) is 29.1 Å². The Morgan fingerprint density at radius 2 is 1.07 bits per heavy atom. The summed E-state index contributed by atoms with van der Waals surface area (Å²) in [7, 11) is 0. The number of rotatable bonds is 13. The van der Waals surface area contributed by atoms with E-state index in [1.807, 2.05) is 42.5 Å². The lowest BCUT2D eigenvalue weighted by atomic mass is 10.1. The van der Waals surface area contributed by atoms with E-state index in [4.69, 9.17) is 27.1 Å². The van der Waals surface area contributed by atoms with Crippen molar-refractivity contribution in [3.05, 3.63) is 173 Å². The van der Waals surface area contributed by atoms with Gasteiger partial charge in [-0.25, -0.2) is 42.5 Å². The van der Waals surface area contributed by atoms with E-state index in [0.717, 1.165) is 38.1 Å². The summed E-state index contributed by atoms with van der Waals surface area (Å²) >= 11 is 10.3. The Morgan fingerprint density at radius 3 is 1.46 bits per heavy atom. The third kappa shape index (κ3) is 15.4. The van der Waals surface area contributed by atoms with Gasteiger partial charge in [-0.15, -0.1) is 0 Å². The number of hydrogen-bond acceptors (Lipinski definition) is 8. The topological polar surface area (TPSA) is 152 Å². The zero-order valence-electron chi connectivity index (χ0n) is 36.2. The first-order valence-corrected chi connectivity index (χ1v) is 25.4. The van der Waals surface area contributed by atoms with Crippen molar-refractivity contribution >= 4 is 108 Å². The number of halogens is 9. The first-order valence-electron chi connectivity index (χ1n) is 20.6. The van der Waals surface area contributed by atoms with Gasteiger partial charge in [0.25, 0.3) is 5.91 Å². The van der Waals surface area contributed by atoms with Gasteiger partial charge in [-0.1, -0.05) is 60.7 Å². The van der Waals surface area contributed by atoms with E-state index in [-0.39, 0.29) is 5.56 Å². The van der Waals surface area contributed by atoms with Crippen LogP contribution < -0.4 is 32.6 Å². The summed E-state index contributed by atoms with van der Waals surface area (Å²) in [5.74, 6) is -5.83. The van der Waals surface area contributed by atoms with Crippen LogP contribution in [0.2, 0.25) is 0 Å². The summed E-state index contributed by atoms with van der Waals surface area (Å²) in [5, 5.41) is 15.6. The number of carbonyl (C=O) groups is 2. The van der Waals surface area contributed by atoms with Crippen LogP contribution in [0.3, 0.4) is 0 Å². The monoisotopic (exact) mass is 1210 g/mol. The van der Waals surface area contributed by atoms with Crippen LogP contribution in [0, 0.1) is 67.7 Å². The number of nitrogens with one attached hydrogen (secondary N) is 3. The van der Waals surface area contributed by atoms with Crippen LogP contribution in [0.1, 0.15) is 57.5 Å². The average molecular weight is 1210 g/mol. The molecule has 68 heavy (non-hydrogen) atoms. The van der Waals surface area contributed by atoms with Crippen LogP contribution in [0.4, 0.5) is 49.1 Å². The molecular formula is C48H44ClF6I2N4O6P. The standard InChI is InChI=1S/C18H16F3IN2O2.C14H9F3INO2.C12H10ClOP.C4H9NO/c1-9-6-11(22)4-5-14(9)23-17-12(7-13(19)15(20)16(17)21)18(25)24-26-8-10-2-3-10;1-6-4-7(18)2-3-10(6)19-13-8(14(20)21)5-9(15)11(16)12(13)17;13-15(14,11-7-3-1-4-8-11)12-9-5-2-6-10-12;5-6-3-4-1-2-4/h4-7,10,23H,2-3,8H2,1H3,(H,24,25);2-5,19H,1H3,(H,20,21);1-10H;4H,1-3,5H2. The Bertz CT molecular complexity index is 2740. The molecule has 10 nitrogen and oxygen atoms in total. The van der Waals surface area contributed by atoms with Gasteiger partial charge in [0.1, 0.15) is 0 Å². The third-order valence-electron chi connectivity index (χ3n) is 10.1. The fourth-order valence-electron chi connectivity index (χ4n) is 5.96. The molecule has 2 aliphatic carbocycles. The lowest BCUT2D eigenvalue weighted by Gasteiger charge is -2.16. The SMILES string of the molecule is Cc1cc(I)ccc1Nc1c(C(=O)NOCC2CC2)cc(F)c(F)c1F.Cc1cc(I)ccc1Nc1c(C(=O)O)cc(F)c(F)c1F.NOCC1CC1.O=P(Cl)(c1ccccc1)c1ccccc1. The van der Waals surface area contributed by atoms with Gasteiger partial charge >= 0.3 is 5.97 Å². The highest BCUT2D eigenvalue weighted by atomic mass is 127. The highest BCUT2D eigenvalue weighted by Crippen LogP contribution is 2.48. The minimum Gasteiger partial charge on any atom is -0.478 e. The highest BCUT2D eigenvalue weighted by Gasteiger charge is 2.27. The molecule has 0 spiro atoms. The van der Waals surface area contributed by atoms with E-state index in [1.54, 1.807) is 68.4 Å². The number of aryl methyl sites for hydroxylation is 2. The Morgan fingerprint density at radius 1 is 0.662 bits per heavy atom. The minimum absolute atomic E-state index is 0.330. The second-order valence-electron chi connectivity index (χ2n) is 15.5. The summed E-state index contributed by atoms with van der Waals surface area (Å²) in [6, 6.07) is 29.8. The van der Waals surface area contributed by atoms with Crippen molar-refractivity contribution in [2.45, 2.75) is 39.5 Å². The zero-order chi connectivity index (χ0) is 49.7. The summed E-state index contributed by atoms with van der Waals surface area (Å²) < 4.78 is 96.3. The van der Waals surface area contributed by atoms with Crippen LogP contribution in [0.25, 0.3) is 0 Å². The van der Waals surface area contributed by atoms with E-state index in [9.17, 15) is 40.5 Å². The molecule has 0 unspecified atom stereocenters. The predicted molar refractivity (Wildman–Crippen MR) is 269 cm³/mol. The van der Waals surface area contributed by atoms with E-state index >= 15 is 0 Å². The van der Waals surface area contributed by atoms with Crippen LogP contribution in [0.15, 0.2) is 109 Å². The Labute approximate surface area is 420 Å². The number of carboxylic acid groups (broad SMARTS) is 1. The highest BCUT2D eigenvalue weighted by molar-refractivity contribution is 14.1. The first kappa shape index (κ1) is 54.2. The molecule has 2 aliphatic rings. The summed E-state index contributed by atoms with van der Waals surface area (Å²) in [4.78, 5) is 32.8. The quantitative estimate of drug-likeness (QED) is 0.0250. The maximum Gasteiger partial charge on any atom is 0.338 e. The summed E-state index contributed by atoms with van der Waals surface area (Å²) in [6.07, 6.45) is 4.68. The van der Waals surface area contributed by atoms with Gasteiger partial charge < -0.3 is 20.6 Å². The van der Waals surface area contributed by atoms with Crippen molar-refractivity contribution in [2.24, 2.45) is 17.7 Å². The molecule has 2 saturated carbocycles. The van der Waals surface area contributed by atoms with E-state index in [1.165, 1.54) is 12.8 Å². The Hall–Kier alpha value is -4.70. The van der Waals surface area contributed by atoms with Gasteiger partial charge in [-0.05, 0) is 167 Å². The lowest BCUT2D eigenvalue weighted by molar-refractivity contribution is 0.0270. The lowest BCUT2D eigenvalue weighted by Crippen LogP contribution is -2.26. The molecule has 1 amide bonds. The van der Waals surface area contributed by atoms with Crippen LogP contribution in [-0.4, -0.2) is 30.2 Å². The van der Waals surface area contributed by atoms with Gasteiger partial charge in [0.15, 0.2) is 34.9 Å². The summed E-state index contributed by atoms with van der Waals surface area (Å²) in [6.45, 7) is 1.67. The molecule has 0 aliphatic heterocycles. The van der Waals surface area contributed by atoms with Crippen molar-refractivity contribution < 1.29 is 55.3 Å². The predicted octanol–water partition coefficient (Wildman–Crippen LogP) is 12.7. The van der Waals surface area contributed by atoms with Gasteiger partial charge in [-0.3, -0.25) is 14.2 Å². The smallest absolute Gasteiger partial charge is 0.338 e. The molecule has 0 aromatic heterocycles. The fourth-order valence-corrected chi connectivity index (χ4v) is 9.34. The number of amides is 1. The van der Waals surface area contributed by atoms with Crippen molar-refractivity contribution in [2.75, 3.05) is 23.8 Å². The molecule has 6 aromatic rings. The maximum absolute atomic E-state index is 14.3. The largest absolute Gasteiger partial charge is 0.478 e. The number of hydroxylamine groups is 1. The number of carboxylic acids is 1. The van der Waals surface area contributed by atoms with Crippen molar-refractivity contribution in [1.29, 1.82) is 0 Å². The zero-order valence-corrected chi connectivity index (χ0v) is 42.2. The molecule has 20 heteroatoms. The molecule has 360 valence electrons. The van der Waals surface area contributed by atoms with Crippen LogP contribution in [-0.2, 0) is 14.2 Å². The molecule has 0 saturated heterocycles. The van der Waals surface area contributed by atoms with E-state index in [0.29, 0.717) is 52.2 Å².